The molecule has 0 radical (unpaired) electrons. The molecule has 5 aliphatic rings. The van der Waals surface area contributed by atoms with Crippen LogP contribution in [0.2, 0.25) is 0 Å². The van der Waals surface area contributed by atoms with Gasteiger partial charge in [0.05, 0.1) is 6.10 Å². The summed E-state index contributed by atoms with van der Waals surface area (Å²) in [6.45, 7) is 6.09. The first kappa shape index (κ1) is 20.1. The Labute approximate surface area is 177 Å². The highest BCUT2D eigenvalue weighted by Gasteiger charge is 2.74. The molecule has 6 heteroatoms. The van der Waals surface area contributed by atoms with E-state index in [0.717, 1.165) is 24.8 Å². The lowest BCUT2D eigenvalue weighted by molar-refractivity contribution is -0.146. The fourth-order valence-electron chi connectivity index (χ4n) is 7.93. The van der Waals surface area contributed by atoms with E-state index in [4.69, 9.17) is 14.5 Å². The van der Waals surface area contributed by atoms with Crippen LogP contribution in [0.4, 0.5) is 0 Å². The minimum absolute atomic E-state index is 0.00140. The Morgan fingerprint density at radius 1 is 1.40 bits per heavy atom. The number of allylic oxidation sites excluding steroid dienone is 4. The quantitative estimate of drug-likeness (QED) is 0.769. The summed E-state index contributed by atoms with van der Waals surface area (Å²) < 4.78 is 11.3. The molecular weight excluding hydrogens is 382 g/mol. The molecule has 8 unspecified atom stereocenters. The first-order valence-corrected chi connectivity index (χ1v) is 11.0. The predicted molar refractivity (Wildman–Crippen MR) is 111 cm³/mol. The highest BCUT2D eigenvalue weighted by atomic mass is 16.5. The van der Waals surface area contributed by atoms with Crippen molar-refractivity contribution in [1.29, 1.82) is 0 Å². The van der Waals surface area contributed by atoms with Crippen LogP contribution in [-0.4, -0.2) is 54.0 Å². The fourth-order valence-corrected chi connectivity index (χ4v) is 7.93. The van der Waals surface area contributed by atoms with Gasteiger partial charge in [-0.15, -0.1) is 0 Å². The normalized spacial score (nSPS) is 48.7. The molecule has 6 nitrogen and oxygen atoms in total. The Bertz CT molecular complexity index is 905. The smallest absolute Gasteiger partial charge is 0.190 e. The number of fused-ring (bicyclic) bond motifs is 7. The number of hydrogen-bond donors (Lipinski definition) is 1. The summed E-state index contributed by atoms with van der Waals surface area (Å²) in [6.07, 6.45) is 7.56. The summed E-state index contributed by atoms with van der Waals surface area (Å²) in [4.78, 5) is 30.2. The van der Waals surface area contributed by atoms with Gasteiger partial charge >= 0.3 is 0 Å². The van der Waals surface area contributed by atoms with Crippen molar-refractivity contribution in [3.8, 4) is 0 Å². The molecular formula is C24H31NO5. The van der Waals surface area contributed by atoms with Gasteiger partial charge in [0.15, 0.2) is 23.0 Å². The van der Waals surface area contributed by atoms with Crippen LogP contribution in [0.3, 0.4) is 0 Å². The number of carbonyl (C=O) groups is 2. The molecule has 162 valence electrons. The first-order chi connectivity index (χ1) is 14.2. The molecule has 4 aliphatic carbocycles. The van der Waals surface area contributed by atoms with E-state index in [0.29, 0.717) is 12.3 Å². The Balaban J connectivity index is 1.59. The number of carbonyl (C=O) groups excluding carboxylic acids is 2. The zero-order chi connectivity index (χ0) is 21.5. The van der Waals surface area contributed by atoms with E-state index in [2.05, 4.69) is 13.8 Å². The van der Waals surface area contributed by atoms with Crippen molar-refractivity contribution in [2.75, 3.05) is 13.7 Å². The van der Waals surface area contributed by atoms with Crippen LogP contribution < -0.4 is 0 Å². The van der Waals surface area contributed by atoms with Gasteiger partial charge in [-0.1, -0.05) is 25.5 Å². The maximum atomic E-state index is 13.4. The zero-order valence-electron chi connectivity index (χ0n) is 18.2. The van der Waals surface area contributed by atoms with E-state index in [1.807, 2.05) is 13.0 Å². The predicted octanol–water partition coefficient (Wildman–Crippen LogP) is 2.65. The van der Waals surface area contributed by atoms with E-state index in [9.17, 15) is 14.7 Å². The van der Waals surface area contributed by atoms with Crippen LogP contribution in [0.25, 0.3) is 0 Å². The van der Waals surface area contributed by atoms with Crippen LogP contribution in [0.1, 0.15) is 46.5 Å². The summed E-state index contributed by atoms with van der Waals surface area (Å²) in [7, 11) is 1.53. The van der Waals surface area contributed by atoms with Crippen LogP contribution in [0.15, 0.2) is 28.8 Å². The number of aliphatic hydroxyl groups excluding tert-OH is 1. The number of Topliss-reactive ketones (excluding diaryl/α,β-unsaturated/α-hetero) is 1. The average Bonchev–Trinajstić information content (AvgIpc) is 3.13. The van der Waals surface area contributed by atoms with Crippen LogP contribution in [0, 0.1) is 28.6 Å². The molecule has 0 aromatic rings. The molecule has 30 heavy (non-hydrogen) atoms. The maximum absolute atomic E-state index is 13.4. The number of ether oxygens (including phenoxy) is 2. The molecule has 8 atom stereocenters. The van der Waals surface area contributed by atoms with Gasteiger partial charge in [0.1, 0.15) is 12.7 Å². The summed E-state index contributed by atoms with van der Waals surface area (Å²) in [5, 5.41) is 11.5. The van der Waals surface area contributed by atoms with E-state index in [1.165, 1.54) is 7.11 Å². The third-order valence-electron chi connectivity index (χ3n) is 9.04. The van der Waals surface area contributed by atoms with Gasteiger partial charge < -0.3 is 14.6 Å². The SMILES string of the molecule is COCC(=O)C12N=C(C)OC1CC1C3CCC4=CC(=O)C=CC4(C)C3C(O)CC12C. The summed E-state index contributed by atoms with van der Waals surface area (Å²) in [5.74, 6) is 1.03. The highest BCUT2D eigenvalue weighted by Crippen LogP contribution is 2.69. The molecule has 1 N–H and O–H groups in total. The number of methoxy groups -OCH3 is 1. The standard InChI is InChI=1S/C24H31NO5/c1-13-25-24(19(28)12-29-4)20(30-13)10-17-16-6-5-14-9-15(26)7-8-22(14,2)21(16)18(27)11-23(17,24)3/h7-9,16-18,20-21,27H,5-6,10-12H2,1-4H3. The van der Waals surface area contributed by atoms with Gasteiger partial charge in [0.25, 0.3) is 0 Å². The van der Waals surface area contributed by atoms with Gasteiger partial charge in [-0.3, -0.25) is 9.59 Å². The average molecular weight is 414 g/mol. The van der Waals surface area contributed by atoms with Crippen LogP contribution in [-0.2, 0) is 19.1 Å². The van der Waals surface area contributed by atoms with Gasteiger partial charge in [-0.2, -0.15) is 0 Å². The van der Waals surface area contributed by atoms with Crippen molar-refractivity contribution in [2.45, 2.75) is 64.2 Å². The summed E-state index contributed by atoms with van der Waals surface area (Å²) in [6, 6.07) is 0. The number of aliphatic imine (C=N–C) groups is 1. The molecule has 0 bridgehead atoms. The molecule has 0 spiro atoms. The lowest BCUT2D eigenvalue weighted by Crippen LogP contribution is -2.62. The molecule has 1 aliphatic heterocycles. The summed E-state index contributed by atoms with van der Waals surface area (Å²) >= 11 is 0. The van der Waals surface area contributed by atoms with Gasteiger partial charge in [0, 0.05) is 30.8 Å². The third kappa shape index (κ3) is 2.29. The number of aliphatic hydroxyl groups is 1. The van der Waals surface area contributed by atoms with Gasteiger partial charge in [-0.05, 0) is 49.7 Å². The molecule has 3 fully saturated rings. The third-order valence-corrected chi connectivity index (χ3v) is 9.04. The van der Waals surface area contributed by atoms with E-state index >= 15 is 0 Å². The number of nitrogens with zero attached hydrogens (tertiary/aromatic N) is 1. The number of hydrogen-bond acceptors (Lipinski definition) is 6. The van der Waals surface area contributed by atoms with Crippen molar-refractivity contribution in [3.05, 3.63) is 23.8 Å². The van der Waals surface area contributed by atoms with Crippen molar-refractivity contribution >= 4 is 17.5 Å². The van der Waals surface area contributed by atoms with Crippen molar-refractivity contribution < 1.29 is 24.2 Å². The Kier molecular flexibility index (Phi) is 4.27. The highest BCUT2D eigenvalue weighted by molar-refractivity contribution is 6.01. The zero-order valence-corrected chi connectivity index (χ0v) is 18.2. The van der Waals surface area contributed by atoms with Gasteiger partial charge in [0.2, 0.25) is 0 Å². The molecule has 1 heterocycles. The van der Waals surface area contributed by atoms with E-state index < -0.39 is 17.1 Å². The largest absolute Gasteiger partial charge is 0.475 e. The topological polar surface area (TPSA) is 85.2 Å². The second-order valence-corrected chi connectivity index (χ2v) is 10.3. The van der Waals surface area contributed by atoms with Crippen molar-refractivity contribution in [2.24, 2.45) is 33.6 Å². The second kappa shape index (κ2) is 6.36. The molecule has 0 aromatic carbocycles. The first-order valence-electron chi connectivity index (χ1n) is 11.0. The second-order valence-electron chi connectivity index (χ2n) is 10.3. The summed E-state index contributed by atoms with van der Waals surface area (Å²) in [5.41, 5.74) is -0.664. The maximum Gasteiger partial charge on any atom is 0.190 e. The lowest BCUT2D eigenvalue weighted by atomic mass is 9.46. The number of ketones is 2. The Morgan fingerprint density at radius 3 is 2.90 bits per heavy atom. The Hall–Kier alpha value is -1.79. The fraction of sp³-hybridized carbons (Fsp3) is 0.708. The minimum Gasteiger partial charge on any atom is -0.475 e. The minimum atomic E-state index is -0.987. The van der Waals surface area contributed by atoms with E-state index in [1.54, 1.807) is 12.2 Å². The van der Waals surface area contributed by atoms with Crippen molar-refractivity contribution in [1.82, 2.24) is 0 Å². The van der Waals surface area contributed by atoms with Crippen LogP contribution in [0.5, 0.6) is 0 Å². The van der Waals surface area contributed by atoms with Gasteiger partial charge in [-0.25, -0.2) is 4.99 Å². The molecule has 3 saturated carbocycles. The molecule has 0 amide bonds. The lowest BCUT2D eigenvalue weighted by Gasteiger charge is -2.59. The Morgan fingerprint density at radius 2 is 2.17 bits per heavy atom. The monoisotopic (exact) mass is 413 g/mol. The molecule has 5 rings (SSSR count). The van der Waals surface area contributed by atoms with Crippen LogP contribution >= 0.6 is 0 Å². The molecule has 0 aromatic heterocycles. The molecule has 0 saturated heterocycles. The van der Waals surface area contributed by atoms with E-state index in [-0.39, 0.29) is 47.4 Å². The van der Waals surface area contributed by atoms with Crippen molar-refractivity contribution in [3.63, 3.8) is 0 Å². The number of rotatable bonds is 3.